The van der Waals surface area contributed by atoms with Crippen LogP contribution in [0.4, 0.5) is 0 Å². The van der Waals surface area contributed by atoms with Gasteiger partial charge in [0, 0.05) is 17.1 Å². The Morgan fingerprint density at radius 3 is 2.45 bits per heavy atom. The topological polar surface area (TPSA) is 93.0 Å². The molecular weight excluding hydrogens is 368 g/mol. The van der Waals surface area contributed by atoms with Crippen LogP contribution < -0.4 is 5.32 Å². The second kappa shape index (κ2) is 8.71. The molecule has 29 heavy (non-hydrogen) atoms. The second-order valence-electron chi connectivity index (χ2n) is 8.71. The lowest BCUT2D eigenvalue weighted by molar-refractivity contribution is -0.142. The summed E-state index contributed by atoms with van der Waals surface area (Å²) in [6, 6.07) is 8.03. The zero-order valence-electron chi connectivity index (χ0n) is 17.7. The van der Waals surface area contributed by atoms with Crippen LogP contribution in [0.2, 0.25) is 0 Å². The van der Waals surface area contributed by atoms with Gasteiger partial charge in [-0.05, 0) is 45.7 Å². The first-order chi connectivity index (χ1) is 13.7. The Labute approximate surface area is 171 Å². The van der Waals surface area contributed by atoms with Gasteiger partial charge in [0.25, 0.3) is 0 Å². The number of hydrogen-bond acceptors (Lipinski definition) is 5. The van der Waals surface area contributed by atoms with E-state index in [-0.39, 0.29) is 30.9 Å². The fourth-order valence-electron chi connectivity index (χ4n) is 3.52. The highest BCUT2D eigenvalue weighted by molar-refractivity contribution is 5.85. The maximum absolute atomic E-state index is 12.9. The van der Waals surface area contributed by atoms with Crippen molar-refractivity contribution in [1.82, 2.24) is 30.4 Å². The lowest BCUT2D eigenvalue weighted by Crippen LogP contribution is -2.52. The molecule has 3 rings (SSSR count). The average molecular weight is 399 g/mol. The van der Waals surface area contributed by atoms with Crippen molar-refractivity contribution in [3.05, 3.63) is 29.8 Å². The predicted molar refractivity (Wildman–Crippen MR) is 110 cm³/mol. The van der Waals surface area contributed by atoms with Gasteiger partial charge in [0.05, 0.1) is 0 Å². The zero-order chi connectivity index (χ0) is 21.0. The fraction of sp³-hybridized carbons (Fsp3) is 0.571. The van der Waals surface area contributed by atoms with Crippen LogP contribution in [0.5, 0.6) is 0 Å². The third-order valence-corrected chi connectivity index (χ3v) is 5.17. The normalized spacial score (nSPS) is 14.8. The Balaban J connectivity index is 1.65. The Morgan fingerprint density at radius 1 is 1.17 bits per heavy atom. The molecule has 2 amide bonds. The van der Waals surface area contributed by atoms with E-state index in [4.69, 9.17) is 0 Å². The summed E-state index contributed by atoms with van der Waals surface area (Å²) in [5.74, 6) is 0.137. The van der Waals surface area contributed by atoms with Gasteiger partial charge in [-0.1, -0.05) is 42.7 Å². The highest BCUT2D eigenvalue weighted by Gasteiger charge is 2.30. The number of aryl methyl sites for hydroxylation is 1. The molecule has 8 nitrogen and oxygen atoms in total. The van der Waals surface area contributed by atoms with E-state index >= 15 is 0 Å². The van der Waals surface area contributed by atoms with Crippen LogP contribution in [0, 0.1) is 6.92 Å². The van der Waals surface area contributed by atoms with Crippen molar-refractivity contribution >= 4 is 11.8 Å². The van der Waals surface area contributed by atoms with E-state index in [2.05, 4.69) is 20.7 Å². The fourth-order valence-corrected chi connectivity index (χ4v) is 3.52. The minimum atomic E-state index is -0.496. The van der Waals surface area contributed by atoms with Crippen molar-refractivity contribution in [3.8, 4) is 11.4 Å². The van der Waals surface area contributed by atoms with Crippen LogP contribution in [-0.2, 0) is 16.1 Å². The summed E-state index contributed by atoms with van der Waals surface area (Å²) < 4.78 is 0. The first kappa shape index (κ1) is 21.0. The van der Waals surface area contributed by atoms with E-state index in [9.17, 15) is 9.59 Å². The number of amides is 2. The van der Waals surface area contributed by atoms with Gasteiger partial charge in [-0.2, -0.15) is 4.80 Å². The van der Waals surface area contributed by atoms with E-state index < -0.39 is 5.54 Å². The third-order valence-electron chi connectivity index (χ3n) is 5.17. The number of tetrazole rings is 1. The number of carbonyl (C=O) groups excluding carboxylic acids is 2. The van der Waals surface area contributed by atoms with Crippen molar-refractivity contribution in [2.45, 2.75) is 71.5 Å². The number of benzene rings is 1. The molecule has 1 aliphatic rings. The highest BCUT2D eigenvalue weighted by atomic mass is 16.2. The summed E-state index contributed by atoms with van der Waals surface area (Å²) in [5.41, 5.74) is 1.50. The minimum Gasteiger partial charge on any atom is -0.352 e. The molecule has 0 spiro atoms. The molecule has 1 N–H and O–H groups in total. The van der Waals surface area contributed by atoms with E-state index in [1.807, 2.05) is 52.0 Å². The second-order valence-corrected chi connectivity index (χ2v) is 8.71. The Morgan fingerprint density at radius 2 is 1.83 bits per heavy atom. The lowest BCUT2D eigenvalue weighted by atomic mass is 10.1. The maximum atomic E-state index is 12.9. The molecule has 1 aromatic heterocycles. The molecule has 1 heterocycles. The molecule has 0 atom stereocenters. The number of aromatic nitrogens is 4. The predicted octanol–water partition coefficient (Wildman–Crippen LogP) is 2.33. The molecule has 1 fully saturated rings. The number of rotatable bonds is 6. The van der Waals surface area contributed by atoms with Gasteiger partial charge in [-0.25, -0.2) is 0 Å². The number of carbonyl (C=O) groups is 2. The minimum absolute atomic E-state index is 0.0261. The van der Waals surface area contributed by atoms with Crippen molar-refractivity contribution in [2.75, 3.05) is 6.54 Å². The van der Waals surface area contributed by atoms with Gasteiger partial charge in [0.2, 0.25) is 17.6 Å². The Bertz CT molecular complexity index is 847. The van der Waals surface area contributed by atoms with Gasteiger partial charge in [0.15, 0.2) is 0 Å². The summed E-state index contributed by atoms with van der Waals surface area (Å²) in [4.78, 5) is 28.3. The third kappa shape index (κ3) is 5.62. The molecule has 156 valence electrons. The largest absolute Gasteiger partial charge is 0.352 e. The van der Waals surface area contributed by atoms with Gasteiger partial charge in [-0.15, -0.1) is 10.2 Å². The Kier molecular flexibility index (Phi) is 6.30. The molecule has 1 aromatic carbocycles. The summed E-state index contributed by atoms with van der Waals surface area (Å²) in [7, 11) is 0. The molecule has 1 aliphatic carbocycles. The molecule has 0 radical (unpaired) electrons. The van der Waals surface area contributed by atoms with Crippen LogP contribution in [0.15, 0.2) is 24.3 Å². The van der Waals surface area contributed by atoms with Gasteiger partial charge < -0.3 is 10.2 Å². The van der Waals surface area contributed by atoms with Gasteiger partial charge in [-0.3, -0.25) is 9.59 Å². The van der Waals surface area contributed by atoms with Crippen LogP contribution >= 0.6 is 0 Å². The maximum Gasteiger partial charge on any atom is 0.247 e. The summed E-state index contributed by atoms with van der Waals surface area (Å²) in [5, 5.41) is 15.4. The van der Waals surface area contributed by atoms with E-state index in [1.165, 1.54) is 4.80 Å². The lowest BCUT2D eigenvalue weighted by Gasteiger charge is -2.35. The molecular formula is C21H30N6O2. The quantitative estimate of drug-likeness (QED) is 0.806. The van der Waals surface area contributed by atoms with E-state index in [1.54, 1.807) is 4.90 Å². The molecule has 0 saturated heterocycles. The van der Waals surface area contributed by atoms with Gasteiger partial charge >= 0.3 is 0 Å². The monoisotopic (exact) mass is 398 g/mol. The molecule has 0 aliphatic heterocycles. The van der Waals surface area contributed by atoms with E-state index in [0.717, 1.165) is 36.8 Å². The van der Waals surface area contributed by atoms with Crippen LogP contribution in [0.3, 0.4) is 0 Å². The van der Waals surface area contributed by atoms with Crippen molar-refractivity contribution < 1.29 is 9.59 Å². The SMILES string of the molecule is Cc1ccc(-c2nnn(CC(=O)N(CC(=O)NC3CCCC3)C(C)(C)C)n2)cc1. The number of hydrogen-bond donors (Lipinski definition) is 1. The summed E-state index contributed by atoms with van der Waals surface area (Å²) in [6.45, 7) is 7.72. The number of nitrogens with one attached hydrogen (secondary N) is 1. The molecule has 0 bridgehead atoms. The summed E-state index contributed by atoms with van der Waals surface area (Å²) in [6.07, 6.45) is 4.32. The highest BCUT2D eigenvalue weighted by Crippen LogP contribution is 2.19. The van der Waals surface area contributed by atoms with Crippen molar-refractivity contribution in [2.24, 2.45) is 0 Å². The number of nitrogens with zero attached hydrogens (tertiary/aromatic N) is 5. The first-order valence-corrected chi connectivity index (χ1v) is 10.2. The van der Waals surface area contributed by atoms with Crippen LogP contribution in [0.25, 0.3) is 11.4 Å². The Hall–Kier alpha value is -2.77. The molecule has 2 aromatic rings. The van der Waals surface area contributed by atoms with E-state index in [0.29, 0.717) is 5.82 Å². The standard InChI is InChI=1S/C21H30N6O2/c1-15-9-11-16(12-10-15)20-23-25-27(24-20)14-19(29)26(21(2,3)4)13-18(28)22-17-7-5-6-8-17/h9-12,17H,5-8,13-14H2,1-4H3,(H,22,28). The molecule has 8 heteroatoms. The van der Waals surface area contributed by atoms with Crippen LogP contribution in [0.1, 0.15) is 52.0 Å². The van der Waals surface area contributed by atoms with Crippen LogP contribution in [-0.4, -0.2) is 55.0 Å². The zero-order valence-corrected chi connectivity index (χ0v) is 17.7. The van der Waals surface area contributed by atoms with Gasteiger partial charge in [0.1, 0.15) is 13.1 Å². The smallest absolute Gasteiger partial charge is 0.247 e. The molecule has 1 saturated carbocycles. The average Bonchev–Trinajstić information content (AvgIpc) is 3.31. The van der Waals surface area contributed by atoms with Crippen molar-refractivity contribution in [1.29, 1.82) is 0 Å². The summed E-state index contributed by atoms with van der Waals surface area (Å²) >= 11 is 0. The molecule has 0 unspecified atom stereocenters. The van der Waals surface area contributed by atoms with Crippen molar-refractivity contribution in [3.63, 3.8) is 0 Å². The first-order valence-electron chi connectivity index (χ1n) is 10.2.